The van der Waals surface area contributed by atoms with Crippen LogP contribution in [0.25, 0.3) is 6.08 Å². The van der Waals surface area contributed by atoms with Crippen molar-refractivity contribution in [1.82, 2.24) is 5.32 Å². The maximum atomic E-state index is 13.3. The zero-order valence-corrected chi connectivity index (χ0v) is 23.6. The Balaban J connectivity index is 1.46. The van der Waals surface area contributed by atoms with Gasteiger partial charge in [0.2, 0.25) is 5.91 Å². The summed E-state index contributed by atoms with van der Waals surface area (Å²) in [5, 5.41) is 7.72. The number of thioether (sulfide) groups is 1. The van der Waals surface area contributed by atoms with Gasteiger partial charge in [0.15, 0.2) is 0 Å². The van der Waals surface area contributed by atoms with Crippen LogP contribution in [0.15, 0.2) is 114 Å². The van der Waals surface area contributed by atoms with Gasteiger partial charge in [-0.05, 0) is 66.2 Å². The van der Waals surface area contributed by atoms with Gasteiger partial charge in [-0.3, -0.25) is 14.4 Å². The molecular formula is C32H26F3N3O4S. The van der Waals surface area contributed by atoms with E-state index >= 15 is 0 Å². The van der Waals surface area contributed by atoms with Crippen molar-refractivity contribution in [3.8, 4) is 5.75 Å². The van der Waals surface area contributed by atoms with E-state index in [4.69, 9.17) is 4.74 Å². The summed E-state index contributed by atoms with van der Waals surface area (Å²) in [5.74, 6) is -1.30. The fourth-order valence-corrected chi connectivity index (χ4v) is 4.63. The first-order valence-corrected chi connectivity index (χ1v) is 13.8. The number of rotatable bonds is 10. The van der Waals surface area contributed by atoms with Crippen LogP contribution in [0.1, 0.15) is 21.5 Å². The molecule has 3 amide bonds. The molecule has 0 spiro atoms. The molecule has 0 radical (unpaired) electrons. The second-order valence-corrected chi connectivity index (χ2v) is 10.1. The van der Waals surface area contributed by atoms with Gasteiger partial charge in [-0.2, -0.15) is 13.2 Å². The van der Waals surface area contributed by atoms with Gasteiger partial charge >= 0.3 is 6.18 Å². The minimum absolute atomic E-state index is 0.0251. The summed E-state index contributed by atoms with van der Waals surface area (Å²) in [6.07, 6.45) is -3.09. The number of ether oxygens (including phenoxy) is 1. The van der Waals surface area contributed by atoms with E-state index in [1.165, 1.54) is 31.4 Å². The van der Waals surface area contributed by atoms with E-state index in [-0.39, 0.29) is 17.1 Å². The number of hydrogen-bond acceptors (Lipinski definition) is 5. The third-order valence-corrected chi connectivity index (χ3v) is 6.90. The summed E-state index contributed by atoms with van der Waals surface area (Å²) >= 11 is 1.08. The summed E-state index contributed by atoms with van der Waals surface area (Å²) < 4.78 is 45.0. The first kappa shape index (κ1) is 30.9. The van der Waals surface area contributed by atoms with Crippen molar-refractivity contribution in [3.05, 3.63) is 126 Å². The molecule has 11 heteroatoms. The number of nitrogens with one attached hydrogen (secondary N) is 3. The molecule has 0 saturated heterocycles. The predicted octanol–water partition coefficient (Wildman–Crippen LogP) is 6.85. The van der Waals surface area contributed by atoms with Crippen molar-refractivity contribution in [2.24, 2.45) is 0 Å². The molecule has 7 nitrogen and oxygen atoms in total. The highest BCUT2D eigenvalue weighted by Gasteiger charge is 2.33. The van der Waals surface area contributed by atoms with Crippen LogP contribution in [0.3, 0.4) is 0 Å². The highest BCUT2D eigenvalue weighted by atomic mass is 32.2. The van der Waals surface area contributed by atoms with Crippen molar-refractivity contribution in [3.63, 3.8) is 0 Å². The lowest BCUT2D eigenvalue weighted by Gasteiger charge is -2.14. The molecule has 0 aliphatic carbocycles. The Hall–Kier alpha value is -5.03. The quantitative estimate of drug-likeness (QED) is 0.136. The predicted molar refractivity (Wildman–Crippen MR) is 161 cm³/mol. The Labute approximate surface area is 250 Å². The number of methoxy groups -OCH3 is 1. The molecule has 0 fully saturated rings. The van der Waals surface area contributed by atoms with Crippen LogP contribution in [-0.2, 0) is 15.8 Å². The molecule has 4 aromatic carbocycles. The van der Waals surface area contributed by atoms with Crippen LogP contribution in [-0.4, -0.2) is 30.6 Å². The number of benzene rings is 4. The van der Waals surface area contributed by atoms with E-state index in [2.05, 4.69) is 16.0 Å². The summed E-state index contributed by atoms with van der Waals surface area (Å²) in [6, 6.07) is 26.7. The van der Waals surface area contributed by atoms with Gasteiger partial charge in [-0.15, -0.1) is 11.8 Å². The number of para-hydroxylation sites is 1. The van der Waals surface area contributed by atoms with Crippen LogP contribution < -0.4 is 20.7 Å². The summed E-state index contributed by atoms with van der Waals surface area (Å²) in [6.45, 7) is 0. The minimum atomic E-state index is -4.61. The fraction of sp³-hybridized carbons (Fsp3) is 0.0938. The van der Waals surface area contributed by atoms with Crippen molar-refractivity contribution < 1.29 is 32.3 Å². The summed E-state index contributed by atoms with van der Waals surface area (Å²) in [7, 11) is 1.52. The number of alkyl halides is 3. The third-order valence-electron chi connectivity index (χ3n) is 5.90. The lowest BCUT2D eigenvalue weighted by atomic mass is 10.1. The molecular weight excluding hydrogens is 579 g/mol. The Kier molecular flexibility index (Phi) is 10.2. The van der Waals surface area contributed by atoms with E-state index in [1.54, 1.807) is 78.9 Å². The average molecular weight is 606 g/mol. The monoisotopic (exact) mass is 605 g/mol. The van der Waals surface area contributed by atoms with Crippen molar-refractivity contribution in [2.45, 2.75) is 11.1 Å². The van der Waals surface area contributed by atoms with Crippen LogP contribution in [0, 0.1) is 0 Å². The van der Waals surface area contributed by atoms with Gasteiger partial charge in [0.25, 0.3) is 11.8 Å². The standard InChI is InChI=1S/C32H26F3N3O4S/c1-42-24-13-7-9-21(17-24)18-28(38-30(40)22-10-3-2-4-11-22)31(41)36-23-12-8-14-25(19-23)43-20-29(39)37-27-16-6-5-15-26(27)32(33,34)35/h2-19H,20H2,1H3,(H,36,41)(H,37,39)(H,38,40)/b28-18-. The number of amides is 3. The SMILES string of the molecule is COc1cccc(/C=C(\NC(=O)c2ccccc2)C(=O)Nc2cccc(SCC(=O)Nc3ccccc3C(F)(F)F)c2)c1. The lowest BCUT2D eigenvalue weighted by Crippen LogP contribution is -2.30. The molecule has 0 bridgehead atoms. The normalized spacial score (nSPS) is 11.4. The first-order chi connectivity index (χ1) is 20.6. The van der Waals surface area contributed by atoms with Gasteiger partial charge in [-0.25, -0.2) is 0 Å². The second kappa shape index (κ2) is 14.2. The molecule has 3 N–H and O–H groups in total. The Morgan fingerprint density at radius 1 is 0.837 bits per heavy atom. The molecule has 0 aliphatic rings. The van der Waals surface area contributed by atoms with Crippen molar-refractivity contribution >= 4 is 46.9 Å². The van der Waals surface area contributed by atoms with E-state index < -0.39 is 29.5 Å². The molecule has 43 heavy (non-hydrogen) atoms. The van der Waals surface area contributed by atoms with Crippen LogP contribution in [0.4, 0.5) is 24.5 Å². The molecule has 0 heterocycles. The highest BCUT2D eigenvalue weighted by molar-refractivity contribution is 8.00. The maximum Gasteiger partial charge on any atom is 0.418 e. The minimum Gasteiger partial charge on any atom is -0.497 e. The third kappa shape index (κ3) is 8.98. The van der Waals surface area contributed by atoms with E-state index in [0.29, 0.717) is 27.5 Å². The molecule has 0 unspecified atom stereocenters. The molecule has 4 aromatic rings. The van der Waals surface area contributed by atoms with Crippen LogP contribution >= 0.6 is 11.8 Å². The lowest BCUT2D eigenvalue weighted by molar-refractivity contribution is -0.137. The smallest absolute Gasteiger partial charge is 0.418 e. The zero-order valence-electron chi connectivity index (χ0n) is 22.8. The van der Waals surface area contributed by atoms with E-state index in [9.17, 15) is 27.6 Å². The van der Waals surface area contributed by atoms with E-state index in [0.717, 1.165) is 17.8 Å². The molecule has 0 atom stereocenters. The van der Waals surface area contributed by atoms with Gasteiger partial charge in [0.1, 0.15) is 11.4 Å². The Bertz CT molecular complexity index is 1640. The zero-order chi connectivity index (χ0) is 30.8. The maximum absolute atomic E-state index is 13.3. The van der Waals surface area contributed by atoms with E-state index in [1.807, 2.05) is 0 Å². The number of halogens is 3. The van der Waals surface area contributed by atoms with Crippen molar-refractivity contribution in [2.75, 3.05) is 23.5 Å². The van der Waals surface area contributed by atoms with Crippen LogP contribution in [0.5, 0.6) is 5.75 Å². The molecule has 4 rings (SSSR count). The van der Waals surface area contributed by atoms with Crippen molar-refractivity contribution in [1.29, 1.82) is 0 Å². The highest BCUT2D eigenvalue weighted by Crippen LogP contribution is 2.34. The number of carbonyl (C=O) groups excluding carboxylic acids is 3. The summed E-state index contributed by atoms with van der Waals surface area (Å²) in [4.78, 5) is 39.2. The number of anilines is 2. The number of hydrogen-bond donors (Lipinski definition) is 3. The van der Waals surface area contributed by atoms with Gasteiger partial charge < -0.3 is 20.7 Å². The average Bonchev–Trinajstić information content (AvgIpc) is 3.00. The topological polar surface area (TPSA) is 96.5 Å². The first-order valence-electron chi connectivity index (χ1n) is 12.8. The number of carbonyl (C=O) groups is 3. The van der Waals surface area contributed by atoms with Gasteiger partial charge in [0.05, 0.1) is 24.1 Å². The molecule has 0 aromatic heterocycles. The largest absolute Gasteiger partial charge is 0.497 e. The Morgan fingerprint density at radius 3 is 2.30 bits per heavy atom. The molecule has 0 saturated carbocycles. The van der Waals surface area contributed by atoms with Crippen LogP contribution in [0.2, 0.25) is 0 Å². The summed E-state index contributed by atoms with van der Waals surface area (Å²) in [5.41, 5.74) is 0.0672. The second-order valence-electron chi connectivity index (χ2n) is 9.02. The Morgan fingerprint density at radius 2 is 1.56 bits per heavy atom. The molecule has 0 aliphatic heterocycles. The fourth-order valence-electron chi connectivity index (χ4n) is 3.88. The van der Waals surface area contributed by atoms with Gasteiger partial charge in [0, 0.05) is 16.1 Å². The molecule has 220 valence electrons. The van der Waals surface area contributed by atoms with Gasteiger partial charge in [-0.1, -0.05) is 48.5 Å².